The molecule has 266 valence electrons. The third kappa shape index (κ3) is 6.78. The molecule has 0 amide bonds. The molecule has 0 saturated heterocycles. The van der Waals surface area contributed by atoms with Gasteiger partial charge in [-0.25, -0.2) is 0 Å². The van der Waals surface area contributed by atoms with E-state index in [1.54, 1.807) is 0 Å². The Kier molecular flexibility index (Phi) is 10.1. The first kappa shape index (κ1) is 35.3. The van der Waals surface area contributed by atoms with Crippen molar-refractivity contribution < 1.29 is 10.9 Å². The average molecular weight is 879 g/mol. The molecule has 0 aliphatic heterocycles. The van der Waals surface area contributed by atoms with Crippen molar-refractivity contribution in [3.63, 3.8) is 0 Å². The van der Waals surface area contributed by atoms with Crippen LogP contribution in [0.2, 0.25) is 0 Å². The van der Waals surface area contributed by atoms with Gasteiger partial charge in [0.25, 0.3) is 0 Å². The van der Waals surface area contributed by atoms with Gasteiger partial charge in [0.1, 0.15) is 0 Å². The van der Waals surface area contributed by atoms with Crippen LogP contribution in [0.1, 0.15) is 11.1 Å². The summed E-state index contributed by atoms with van der Waals surface area (Å²) in [6, 6.07) is 64.8. The van der Waals surface area contributed by atoms with Crippen molar-refractivity contribution in [1.29, 1.82) is 0 Å². The predicted octanol–water partition coefficient (Wildman–Crippen LogP) is 15.5. The normalized spacial score (nSPS) is 11.8. The molecule has 0 heterocycles. The molecule has 0 atom stereocenters. The zero-order valence-electron chi connectivity index (χ0n) is 29.4. The molecular weight excluding hydrogens is 847 g/mol. The summed E-state index contributed by atoms with van der Waals surface area (Å²) in [6.07, 6.45) is 4.08. The maximum atomic E-state index is 5.32. The molecule has 55 heavy (non-hydrogen) atoms. The number of hydrogen-bond acceptors (Lipinski definition) is 2. The van der Waals surface area contributed by atoms with Crippen molar-refractivity contribution in [3.05, 3.63) is 193 Å². The summed E-state index contributed by atoms with van der Waals surface area (Å²) in [5.74, 6) is 0. The van der Waals surface area contributed by atoms with Crippen molar-refractivity contribution >= 4 is 117 Å². The zero-order chi connectivity index (χ0) is 37.1. The van der Waals surface area contributed by atoms with Crippen LogP contribution in [0.4, 0.5) is 11.4 Å². The molecule has 0 radical (unpaired) electrons. The Balaban J connectivity index is 0.00000128. The number of rotatable bonds is 5. The van der Waals surface area contributed by atoms with Gasteiger partial charge >= 0.3 is 39.3 Å². The van der Waals surface area contributed by atoms with E-state index in [1.165, 1.54) is 54.0 Å². The molecule has 0 fully saturated rings. The van der Waals surface area contributed by atoms with E-state index in [0.717, 1.165) is 55.2 Å². The Labute approximate surface area is 339 Å². The van der Waals surface area contributed by atoms with E-state index in [0.29, 0.717) is 0 Å². The Morgan fingerprint density at radius 3 is 1.04 bits per heavy atom. The molecule has 2 nitrogen and oxygen atoms in total. The molecule has 5 heteroatoms. The van der Waals surface area contributed by atoms with Crippen LogP contribution in [0.15, 0.2) is 192 Å². The summed E-state index contributed by atoms with van der Waals surface area (Å²) in [4.78, 5) is 10.6. The van der Waals surface area contributed by atoms with E-state index in [9.17, 15) is 0 Å². The minimum atomic E-state index is 0.903. The van der Waals surface area contributed by atoms with E-state index in [2.05, 4.69) is 210 Å². The maximum absolute atomic E-state index is 5.32. The fourth-order valence-electron chi connectivity index (χ4n) is 7.92. The topological polar surface area (TPSA) is 24.7 Å². The van der Waals surface area contributed by atoms with Gasteiger partial charge < -0.3 is 0 Å². The number of aliphatic imine (C=N–C) groups is 2. The zero-order valence-corrected chi connectivity index (χ0v) is 33.6. The average Bonchev–Trinajstić information content (AvgIpc) is 3.24. The monoisotopic (exact) mass is 876 g/mol. The van der Waals surface area contributed by atoms with Gasteiger partial charge in [-0.2, -0.15) is 0 Å². The molecule has 0 aliphatic rings. The third-order valence-corrected chi connectivity index (χ3v) is 10.3. The van der Waals surface area contributed by atoms with Crippen molar-refractivity contribution in [2.75, 3.05) is 0 Å². The van der Waals surface area contributed by atoms with Crippen LogP contribution < -0.4 is 0 Å². The number of halogens is 2. The first-order chi connectivity index (χ1) is 27.2. The van der Waals surface area contributed by atoms with Crippen LogP contribution in [0, 0.1) is 0 Å². The van der Waals surface area contributed by atoms with E-state index in [1.807, 2.05) is 12.4 Å². The standard InChI is InChI=1S/C50H32N2.2BrH.Ni/c1-7-21-43-33(13-1)25-27-47(51-31-37-29-35-15-3-5-17-39(35)45-23-11-9-19-41(37)45)49(43)50-44-22-8-2-14-34(44)26-28-48(50)52-32-38-30-36-16-4-6-18-40(36)46-24-12-10-20-42(38)46;;;/h1-32H;2*1H;/q;;;+2/p-2. The van der Waals surface area contributed by atoms with E-state index in [4.69, 9.17) is 9.98 Å². The van der Waals surface area contributed by atoms with Crippen LogP contribution in [-0.4, -0.2) is 12.4 Å². The Hall–Kier alpha value is -5.45. The van der Waals surface area contributed by atoms with Crippen LogP contribution in [0.3, 0.4) is 0 Å². The van der Waals surface area contributed by atoms with Gasteiger partial charge in [-0.1, -0.05) is 158 Å². The molecule has 0 bridgehead atoms. The number of benzene rings is 10. The van der Waals surface area contributed by atoms with Gasteiger partial charge in [0.05, 0.1) is 11.4 Å². The Morgan fingerprint density at radius 2 is 0.636 bits per heavy atom. The second kappa shape index (κ2) is 15.7. The number of hydrogen-bond donors (Lipinski definition) is 0. The first-order valence-electron chi connectivity index (χ1n) is 18.0. The second-order valence-electron chi connectivity index (χ2n) is 13.4. The Morgan fingerprint density at radius 1 is 0.327 bits per heavy atom. The van der Waals surface area contributed by atoms with Crippen LogP contribution in [0.25, 0.3) is 75.8 Å². The molecular formula is C50H32Br2N2Ni. The molecule has 0 spiro atoms. The summed E-state index contributed by atoms with van der Waals surface area (Å²) in [5.41, 5.74) is 6.14. The van der Waals surface area contributed by atoms with E-state index < -0.39 is 0 Å². The van der Waals surface area contributed by atoms with Gasteiger partial charge in [0.2, 0.25) is 0 Å². The molecule has 10 aromatic rings. The first-order valence-corrected chi connectivity index (χ1v) is 22.9. The molecule has 10 rings (SSSR count). The van der Waals surface area contributed by atoms with Gasteiger partial charge in [-0.3, -0.25) is 9.98 Å². The molecule has 0 N–H and O–H groups in total. The number of nitrogens with zero attached hydrogens (tertiary/aromatic N) is 2. The quantitative estimate of drug-likeness (QED) is 0.0935. The summed E-state index contributed by atoms with van der Waals surface area (Å²) in [7, 11) is 1.25. The summed E-state index contributed by atoms with van der Waals surface area (Å²) >= 11 is 6.00. The SMILES string of the molecule is C(=Nc1ccc2ccccc2c1-c1c(N=Cc2cc3ccccc3c3ccccc23)ccc2ccccc12)c1cc2ccccc2c2ccccc12.[Br][Ni][Br]. The van der Waals surface area contributed by atoms with Crippen molar-refractivity contribution in [2.24, 2.45) is 9.98 Å². The molecule has 10 aromatic carbocycles. The fourth-order valence-corrected chi connectivity index (χ4v) is 7.92. The fraction of sp³-hybridized carbons (Fsp3) is 0. The van der Waals surface area contributed by atoms with Crippen molar-refractivity contribution in [2.45, 2.75) is 0 Å². The van der Waals surface area contributed by atoms with Crippen LogP contribution in [-0.2, 0) is 10.9 Å². The van der Waals surface area contributed by atoms with Crippen LogP contribution in [0.5, 0.6) is 0 Å². The predicted molar refractivity (Wildman–Crippen MR) is 242 cm³/mol. The van der Waals surface area contributed by atoms with Crippen LogP contribution >= 0.6 is 28.5 Å². The van der Waals surface area contributed by atoms with E-state index >= 15 is 0 Å². The summed E-state index contributed by atoms with van der Waals surface area (Å²) in [5, 5.41) is 14.3. The summed E-state index contributed by atoms with van der Waals surface area (Å²) in [6.45, 7) is 0. The third-order valence-electron chi connectivity index (χ3n) is 10.3. The molecule has 0 aromatic heterocycles. The van der Waals surface area contributed by atoms with Crippen molar-refractivity contribution in [3.8, 4) is 11.1 Å². The second-order valence-corrected chi connectivity index (χ2v) is 18.4. The van der Waals surface area contributed by atoms with Gasteiger partial charge in [-0.15, -0.1) is 0 Å². The number of fused-ring (bicyclic) bond motifs is 8. The molecule has 0 saturated carbocycles. The minimum absolute atomic E-state index is 0.903. The van der Waals surface area contributed by atoms with Gasteiger partial charge in [0.15, 0.2) is 0 Å². The molecule has 0 unspecified atom stereocenters. The molecule has 0 aliphatic carbocycles. The van der Waals surface area contributed by atoms with Gasteiger partial charge in [-0.05, 0) is 88.9 Å². The van der Waals surface area contributed by atoms with E-state index in [-0.39, 0.29) is 0 Å². The van der Waals surface area contributed by atoms with Crippen molar-refractivity contribution in [1.82, 2.24) is 0 Å². The summed E-state index contributed by atoms with van der Waals surface area (Å²) < 4.78 is 0. The van der Waals surface area contributed by atoms with Gasteiger partial charge in [0, 0.05) is 34.7 Å². The Bertz CT molecular complexity index is 2910.